The van der Waals surface area contributed by atoms with E-state index in [1.165, 1.54) is 18.2 Å². The maximum absolute atomic E-state index is 12.1. The first-order valence-corrected chi connectivity index (χ1v) is 8.62. The van der Waals surface area contributed by atoms with Gasteiger partial charge in [0.1, 0.15) is 18.1 Å². The van der Waals surface area contributed by atoms with Crippen molar-refractivity contribution in [3.8, 4) is 11.3 Å². The molecule has 0 atom stereocenters. The summed E-state index contributed by atoms with van der Waals surface area (Å²) in [5.41, 5.74) is 0.968. The number of hydrogen-bond acceptors (Lipinski definition) is 3. The number of hydrogen-bond donors (Lipinski definition) is 0. The molecule has 128 valence electrons. The number of rotatable bonds is 4. The number of carbonyl (C=O) groups is 1. The van der Waals surface area contributed by atoms with Gasteiger partial charge < -0.3 is 9.15 Å². The predicted octanol–water partition coefficient (Wildman–Crippen LogP) is 6.92. The van der Waals surface area contributed by atoms with E-state index < -0.39 is 5.97 Å². The van der Waals surface area contributed by atoms with E-state index in [2.05, 4.69) is 0 Å². The summed E-state index contributed by atoms with van der Waals surface area (Å²) in [5, 5.41) is 1.49. The molecule has 0 radical (unpaired) electrons. The number of esters is 1. The van der Waals surface area contributed by atoms with Crippen molar-refractivity contribution < 1.29 is 13.9 Å². The van der Waals surface area contributed by atoms with Crippen molar-refractivity contribution in [1.82, 2.24) is 0 Å². The predicted molar refractivity (Wildman–Crippen MR) is 99.7 cm³/mol. The van der Waals surface area contributed by atoms with Crippen LogP contribution in [0.5, 0.6) is 0 Å². The fourth-order valence-corrected chi connectivity index (χ4v) is 2.83. The second-order valence-electron chi connectivity index (χ2n) is 5.07. The summed E-state index contributed by atoms with van der Waals surface area (Å²) in [7, 11) is 0. The number of furan rings is 1. The van der Waals surface area contributed by atoms with Gasteiger partial charge in [0.25, 0.3) is 0 Å². The molecule has 0 saturated carbocycles. The van der Waals surface area contributed by atoms with Gasteiger partial charge in [-0.1, -0.05) is 52.5 Å². The summed E-state index contributed by atoms with van der Waals surface area (Å²) in [6.45, 7) is -0.0305. The number of benzene rings is 2. The monoisotopic (exact) mass is 414 g/mol. The maximum atomic E-state index is 12.1. The molecule has 2 aromatic carbocycles. The van der Waals surface area contributed by atoms with E-state index in [1.54, 1.807) is 30.3 Å². The van der Waals surface area contributed by atoms with Gasteiger partial charge in [-0.05, 0) is 42.5 Å². The molecule has 0 unspecified atom stereocenters. The molecule has 0 aliphatic rings. The van der Waals surface area contributed by atoms with E-state index >= 15 is 0 Å². The molecular formula is C18H10Cl4O3. The summed E-state index contributed by atoms with van der Waals surface area (Å²) < 4.78 is 10.9. The molecule has 0 spiro atoms. The lowest BCUT2D eigenvalue weighted by Crippen LogP contribution is -2.04. The Kier molecular flexibility index (Phi) is 5.60. The van der Waals surface area contributed by atoms with Gasteiger partial charge in [0.15, 0.2) is 0 Å². The van der Waals surface area contributed by atoms with E-state index in [0.29, 0.717) is 37.7 Å². The third-order valence-electron chi connectivity index (χ3n) is 3.38. The average molecular weight is 416 g/mol. The quantitative estimate of drug-likeness (QED) is 0.434. The third kappa shape index (κ3) is 4.13. The van der Waals surface area contributed by atoms with Gasteiger partial charge in [-0.15, -0.1) is 0 Å². The summed E-state index contributed by atoms with van der Waals surface area (Å²) in [5.74, 6) is 0.477. The van der Waals surface area contributed by atoms with Crippen molar-refractivity contribution in [2.24, 2.45) is 0 Å². The third-order valence-corrected chi connectivity index (χ3v) is 4.94. The second kappa shape index (κ2) is 7.71. The first-order chi connectivity index (χ1) is 12.0. The average Bonchev–Trinajstić information content (AvgIpc) is 3.06. The Morgan fingerprint density at radius 3 is 2.48 bits per heavy atom. The van der Waals surface area contributed by atoms with Gasteiger partial charge in [-0.25, -0.2) is 4.79 Å². The molecule has 0 bridgehead atoms. The molecule has 0 aliphatic heterocycles. The van der Waals surface area contributed by atoms with Crippen LogP contribution in [0.4, 0.5) is 0 Å². The summed E-state index contributed by atoms with van der Waals surface area (Å²) in [6.07, 6.45) is 0. The van der Waals surface area contributed by atoms with Crippen molar-refractivity contribution in [2.75, 3.05) is 0 Å². The van der Waals surface area contributed by atoms with E-state index in [9.17, 15) is 4.79 Å². The highest BCUT2D eigenvalue weighted by atomic mass is 35.5. The first-order valence-electron chi connectivity index (χ1n) is 7.11. The van der Waals surface area contributed by atoms with Crippen LogP contribution in [0.15, 0.2) is 52.9 Å². The standard InChI is InChI=1S/C18H10Cl4O3/c19-13-6-4-10(8-15(13)21)18(23)24-9-11-5-7-16(25-11)12-2-1-3-14(20)17(12)22/h1-8H,9H2. The minimum absolute atomic E-state index is 0.0305. The lowest BCUT2D eigenvalue weighted by atomic mass is 10.2. The lowest BCUT2D eigenvalue weighted by Gasteiger charge is -2.05. The molecule has 3 nitrogen and oxygen atoms in total. The fourth-order valence-electron chi connectivity index (χ4n) is 2.14. The van der Waals surface area contributed by atoms with E-state index in [-0.39, 0.29) is 11.6 Å². The normalized spacial score (nSPS) is 10.7. The van der Waals surface area contributed by atoms with Gasteiger partial charge in [0.05, 0.1) is 25.7 Å². The van der Waals surface area contributed by atoms with Gasteiger partial charge in [-0.2, -0.15) is 0 Å². The summed E-state index contributed by atoms with van der Waals surface area (Å²) >= 11 is 23.9. The molecule has 3 aromatic rings. The highest BCUT2D eigenvalue weighted by Crippen LogP contribution is 2.34. The van der Waals surface area contributed by atoms with Crippen LogP contribution in [-0.2, 0) is 11.3 Å². The Balaban J connectivity index is 1.70. The van der Waals surface area contributed by atoms with Gasteiger partial charge in [-0.3, -0.25) is 0 Å². The summed E-state index contributed by atoms with van der Waals surface area (Å²) in [4.78, 5) is 12.1. The number of ether oxygens (including phenoxy) is 1. The van der Waals surface area contributed by atoms with Crippen LogP contribution in [0.2, 0.25) is 20.1 Å². The van der Waals surface area contributed by atoms with E-state index in [4.69, 9.17) is 55.6 Å². The molecule has 7 heteroatoms. The van der Waals surface area contributed by atoms with Crippen molar-refractivity contribution in [2.45, 2.75) is 6.61 Å². The molecule has 0 N–H and O–H groups in total. The van der Waals surface area contributed by atoms with Gasteiger partial charge in [0.2, 0.25) is 0 Å². The zero-order chi connectivity index (χ0) is 18.0. The molecule has 0 amide bonds. The van der Waals surface area contributed by atoms with Gasteiger partial charge in [0, 0.05) is 5.56 Å². The van der Waals surface area contributed by atoms with Crippen LogP contribution in [0, 0.1) is 0 Å². The summed E-state index contributed by atoms with van der Waals surface area (Å²) in [6, 6.07) is 13.2. The molecule has 0 aliphatic carbocycles. The molecular weight excluding hydrogens is 406 g/mol. The Labute approximate surface area is 164 Å². The van der Waals surface area contributed by atoms with Crippen LogP contribution in [-0.4, -0.2) is 5.97 Å². The van der Waals surface area contributed by atoms with Crippen LogP contribution in [0.3, 0.4) is 0 Å². The molecule has 3 rings (SSSR count). The zero-order valence-corrected chi connectivity index (χ0v) is 15.6. The SMILES string of the molecule is O=C(OCc1ccc(-c2cccc(Cl)c2Cl)o1)c1ccc(Cl)c(Cl)c1. The minimum Gasteiger partial charge on any atom is -0.457 e. The largest absolute Gasteiger partial charge is 0.457 e. The first kappa shape index (κ1) is 18.2. The minimum atomic E-state index is -0.530. The van der Waals surface area contributed by atoms with Crippen molar-refractivity contribution >= 4 is 52.4 Å². The van der Waals surface area contributed by atoms with Crippen LogP contribution in [0.25, 0.3) is 11.3 Å². The van der Waals surface area contributed by atoms with Crippen LogP contribution >= 0.6 is 46.4 Å². The van der Waals surface area contributed by atoms with Crippen LogP contribution in [0.1, 0.15) is 16.1 Å². The topological polar surface area (TPSA) is 39.4 Å². The Morgan fingerprint density at radius 1 is 0.920 bits per heavy atom. The van der Waals surface area contributed by atoms with Crippen molar-refractivity contribution in [3.05, 3.63) is 79.9 Å². The fraction of sp³-hybridized carbons (Fsp3) is 0.0556. The van der Waals surface area contributed by atoms with Crippen molar-refractivity contribution in [1.29, 1.82) is 0 Å². The zero-order valence-electron chi connectivity index (χ0n) is 12.6. The molecule has 1 aromatic heterocycles. The second-order valence-corrected chi connectivity index (χ2v) is 6.67. The molecule has 0 saturated heterocycles. The van der Waals surface area contributed by atoms with Gasteiger partial charge >= 0.3 is 5.97 Å². The Hall–Kier alpha value is -1.65. The molecule has 0 fully saturated rings. The maximum Gasteiger partial charge on any atom is 0.338 e. The smallest absolute Gasteiger partial charge is 0.338 e. The Morgan fingerprint density at radius 2 is 1.72 bits per heavy atom. The van der Waals surface area contributed by atoms with E-state index in [0.717, 1.165) is 0 Å². The van der Waals surface area contributed by atoms with E-state index in [1.807, 2.05) is 0 Å². The van der Waals surface area contributed by atoms with Crippen LogP contribution < -0.4 is 0 Å². The molecule has 25 heavy (non-hydrogen) atoms. The van der Waals surface area contributed by atoms with Crippen molar-refractivity contribution in [3.63, 3.8) is 0 Å². The highest BCUT2D eigenvalue weighted by Gasteiger charge is 2.13. The number of carbonyl (C=O) groups excluding carboxylic acids is 1. The Bertz CT molecular complexity index is 934. The lowest BCUT2D eigenvalue weighted by molar-refractivity contribution is 0.0446. The molecule has 1 heterocycles. The number of halogens is 4. The highest BCUT2D eigenvalue weighted by molar-refractivity contribution is 6.43.